The molecule has 0 fully saturated rings. The molecule has 0 aromatic heterocycles. The zero-order valence-corrected chi connectivity index (χ0v) is 12.9. The van der Waals surface area contributed by atoms with Crippen LogP contribution in [0.1, 0.15) is 37.0 Å². The number of nitrogens with one attached hydrogen (secondary N) is 1. The van der Waals surface area contributed by atoms with Gasteiger partial charge in [-0.2, -0.15) is 0 Å². The summed E-state index contributed by atoms with van der Waals surface area (Å²) >= 11 is 0. The van der Waals surface area contributed by atoms with Gasteiger partial charge in [0.2, 0.25) is 0 Å². The van der Waals surface area contributed by atoms with Crippen molar-refractivity contribution in [3.05, 3.63) is 29.6 Å². The molecule has 4 nitrogen and oxygen atoms in total. The number of halogens is 2. The fourth-order valence-corrected chi connectivity index (χ4v) is 2.54. The van der Waals surface area contributed by atoms with Crippen molar-refractivity contribution in [2.24, 2.45) is 5.92 Å². The van der Waals surface area contributed by atoms with Crippen LogP contribution in [0.5, 0.6) is 0 Å². The van der Waals surface area contributed by atoms with Crippen molar-refractivity contribution in [2.45, 2.75) is 31.6 Å². The standard InChI is InChI=1S/C13H17ClFNO3S/c1-3-9(4-2)8-16-13(17)10-5-11(15)7-12(6-10)20(14,18)19/h5-7,9H,3-4,8H2,1-2H3,(H,16,17). The average molecular weight is 322 g/mol. The Morgan fingerprint density at radius 2 is 1.90 bits per heavy atom. The van der Waals surface area contributed by atoms with E-state index in [1.165, 1.54) is 0 Å². The predicted octanol–water partition coefficient (Wildman–Crippen LogP) is 2.92. The Kier molecular flexibility index (Phi) is 5.95. The Hall–Kier alpha value is -1.14. The average Bonchev–Trinajstić information content (AvgIpc) is 2.38. The molecule has 0 radical (unpaired) electrons. The molecule has 1 aromatic carbocycles. The van der Waals surface area contributed by atoms with Crippen molar-refractivity contribution in [3.63, 3.8) is 0 Å². The molecule has 112 valence electrons. The Morgan fingerprint density at radius 1 is 1.30 bits per heavy atom. The molecular formula is C13H17ClFNO3S. The van der Waals surface area contributed by atoms with Crippen LogP contribution in [0.2, 0.25) is 0 Å². The minimum Gasteiger partial charge on any atom is -0.352 e. The van der Waals surface area contributed by atoms with Gasteiger partial charge in [-0.3, -0.25) is 4.79 Å². The quantitative estimate of drug-likeness (QED) is 0.819. The molecule has 0 heterocycles. The summed E-state index contributed by atoms with van der Waals surface area (Å²) in [5.41, 5.74) is -0.0600. The van der Waals surface area contributed by atoms with Gasteiger partial charge < -0.3 is 5.32 Å². The van der Waals surface area contributed by atoms with Crippen molar-refractivity contribution in [1.82, 2.24) is 5.32 Å². The van der Waals surface area contributed by atoms with Gasteiger partial charge in [-0.05, 0) is 24.1 Å². The summed E-state index contributed by atoms with van der Waals surface area (Å²) in [6, 6.07) is 2.82. The van der Waals surface area contributed by atoms with E-state index in [1.54, 1.807) is 0 Å². The molecule has 0 aliphatic carbocycles. The number of hydrogen-bond acceptors (Lipinski definition) is 3. The number of hydrogen-bond donors (Lipinski definition) is 1. The van der Waals surface area contributed by atoms with E-state index in [4.69, 9.17) is 10.7 Å². The minimum atomic E-state index is -4.07. The lowest BCUT2D eigenvalue weighted by molar-refractivity contribution is 0.0945. The molecule has 0 aliphatic rings. The molecule has 0 aliphatic heterocycles. The fourth-order valence-electron chi connectivity index (χ4n) is 1.75. The van der Waals surface area contributed by atoms with E-state index >= 15 is 0 Å². The molecule has 0 saturated carbocycles. The fraction of sp³-hybridized carbons (Fsp3) is 0.462. The first-order valence-electron chi connectivity index (χ1n) is 6.31. The highest BCUT2D eigenvalue weighted by atomic mass is 35.7. The third-order valence-corrected chi connectivity index (χ3v) is 4.45. The van der Waals surface area contributed by atoms with Crippen LogP contribution in [-0.2, 0) is 9.05 Å². The van der Waals surface area contributed by atoms with Gasteiger partial charge in [0.1, 0.15) is 5.82 Å². The van der Waals surface area contributed by atoms with Gasteiger partial charge in [-0.1, -0.05) is 26.7 Å². The zero-order valence-electron chi connectivity index (χ0n) is 11.3. The first kappa shape index (κ1) is 16.9. The maximum atomic E-state index is 13.3. The van der Waals surface area contributed by atoms with E-state index in [1.807, 2.05) is 13.8 Å². The molecule has 0 unspecified atom stereocenters. The van der Waals surface area contributed by atoms with E-state index in [-0.39, 0.29) is 5.56 Å². The van der Waals surface area contributed by atoms with Crippen molar-refractivity contribution in [2.75, 3.05) is 6.54 Å². The van der Waals surface area contributed by atoms with E-state index < -0.39 is 25.7 Å². The third kappa shape index (κ3) is 4.76. The van der Waals surface area contributed by atoms with Crippen molar-refractivity contribution in [1.29, 1.82) is 0 Å². The molecule has 0 saturated heterocycles. The smallest absolute Gasteiger partial charge is 0.261 e. The van der Waals surface area contributed by atoms with Gasteiger partial charge in [-0.25, -0.2) is 12.8 Å². The van der Waals surface area contributed by atoms with Crippen molar-refractivity contribution in [3.8, 4) is 0 Å². The third-order valence-electron chi connectivity index (χ3n) is 3.12. The molecule has 0 bridgehead atoms. The summed E-state index contributed by atoms with van der Waals surface area (Å²) < 4.78 is 35.7. The molecular weight excluding hydrogens is 305 g/mol. The summed E-state index contributed by atoms with van der Waals surface area (Å²) in [4.78, 5) is 11.5. The lowest BCUT2D eigenvalue weighted by Gasteiger charge is -2.13. The lowest BCUT2D eigenvalue weighted by Crippen LogP contribution is -2.29. The van der Waals surface area contributed by atoms with Crippen molar-refractivity contribution >= 4 is 25.6 Å². The van der Waals surface area contributed by atoms with Crippen LogP contribution in [0.4, 0.5) is 4.39 Å². The van der Waals surface area contributed by atoms with Crippen LogP contribution in [-0.4, -0.2) is 20.9 Å². The largest absolute Gasteiger partial charge is 0.352 e. The summed E-state index contributed by atoms with van der Waals surface area (Å²) in [7, 11) is 1.08. The molecule has 1 rings (SSSR count). The summed E-state index contributed by atoms with van der Waals surface area (Å²) in [6.45, 7) is 4.49. The summed E-state index contributed by atoms with van der Waals surface area (Å²) in [5.74, 6) is -0.999. The van der Waals surface area contributed by atoms with E-state index in [0.717, 1.165) is 31.0 Å². The Labute approximate surface area is 122 Å². The minimum absolute atomic E-state index is 0.0600. The zero-order chi connectivity index (χ0) is 15.3. The second kappa shape index (κ2) is 7.04. The van der Waals surface area contributed by atoms with Gasteiger partial charge in [0.05, 0.1) is 4.90 Å². The van der Waals surface area contributed by atoms with Crippen LogP contribution in [0, 0.1) is 11.7 Å². The molecule has 1 amide bonds. The Morgan fingerprint density at radius 3 is 2.40 bits per heavy atom. The number of rotatable bonds is 6. The highest BCUT2D eigenvalue weighted by Gasteiger charge is 2.16. The van der Waals surface area contributed by atoms with Crippen LogP contribution < -0.4 is 5.32 Å². The van der Waals surface area contributed by atoms with Gasteiger partial charge in [-0.15, -0.1) is 0 Å². The predicted molar refractivity (Wildman–Crippen MR) is 75.8 cm³/mol. The maximum absolute atomic E-state index is 13.3. The van der Waals surface area contributed by atoms with Gasteiger partial charge in [0, 0.05) is 22.8 Å². The monoisotopic (exact) mass is 321 g/mol. The van der Waals surface area contributed by atoms with Crippen molar-refractivity contribution < 1.29 is 17.6 Å². The van der Waals surface area contributed by atoms with Crippen LogP contribution >= 0.6 is 10.7 Å². The van der Waals surface area contributed by atoms with Crippen LogP contribution in [0.3, 0.4) is 0 Å². The number of carbonyl (C=O) groups excluding carboxylic acids is 1. The number of benzene rings is 1. The number of amides is 1. The van der Waals surface area contributed by atoms with Crippen LogP contribution in [0.25, 0.3) is 0 Å². The second-order valence-electron chi connectivity index (χ2n) is 4.51. The molecule has 0 atom stereocenters. The molecule has 7 heteroatoms. The Bertz CT molecular complexity index is 585. The second-order valence-corrected chi connectivity index (χ2v) is 7.07. The first-order valence-corrected chi connectivity index (χ1v) is 8.62. The van der Waals surface area contributed by atoms with Gasteiger partial charge in [0.15, 0.2) is 0 Å². The van der Waals surface area contributed by atoms with Crippen LogP contribution in [0.15, 0.2) is 23.1 Å². The number of carbonyl (C=O) groups is 1. The highest BCUT2D eigenvalue weighted by molar-refractivity contribution is 8.13. The molecule has 1 aromatic rings. The van der Waals surface area contributed by atoms with Gasteiger partial charge in [0.25, 0.3) is 15.0 Å². The summed E-state index contributed by atoms with van der Waals surface area (Å²) in [6.07, 6.45) is 1.84. The SMILES string of the molecule is CCC(CC)CNC(=O)c1cc(F)cc(S(=O)(=O)Cl)c1. The lowest BCUT2D eigenvalue weighted by atomic mass is 10.0. The van der Waals surface area contributed by atoms with E-state index in [9.17, 15) is 17.6 Å². The molecule has 1 N–H and O–H groups in total. The first-order chi connectivity index (χ1) is 9.27. The van der Waals surface area contributed by atoms with E-state index in [0.29, 0.717) is 12.5 Å². The molecule has 0 spiro atoms. The highest BCUT2D eigenvalue weighted by Crippen LogP contribution is 2.18. The maximum Gasteiger partial charge on any atom is 0.261 e. The Balaban J connectivity index is 2.91. The normalized spacial score (nSPS) is 11.7. The molecule has 20 heavy (non-hydrogen) atoms. The summed E-state index contributed by atoms with van der Waals surface area (Å²) in [5, 5.41) is 2.66. The topological polar surface area (TPSA) is 63.2 Å². The van der Waals surface area contributed by atoms with Gasteiger partial charge >= 0.3 is 0 Å². The van der Waals surface area contributed by atoms with E-state index in [2.05, 4.69) is 5.32 Å².